The third-order valence-electron chi connectivity index (χ3n) is 6.73. The lowest BCUT2D eigenvalue weighted by Gasteiger charge is -2.27. The molecule has 0 spiro atoms. The van der Waals surface area contributed by atoms with Gasteiger partial charge in [0, 0.05) is 17.6 Å². The molecule has 34 heavy (non-hydrogen) atoms. The second kappa shape index (κ2) is 8.92. The van der Waals surface area contributed by atoms with E-state index >= 15 is 0 Å². The van der Waals surface area contributed by atoms with Gasteiger partial charge in [-0.25, -0.2) is 4.98 Å². The number of pyridine rings is 1. The van der Waals surface area contributed by atoms with Crippen LogP contribution in [0.1, 0.15) is 74.1 Å². The zero-order valence-electron chi connectivity index (χ0n) is 18.9. The van der Waals surface area contributed by atoms with E-state index in [1.807, 2.05) is 10.9 Å². The van der Waals surface area contributed by atoms with E-state index in [2.05, 4.69) is 17.2 Å². The molecule has 0 saturated heterocycles. The molecular formula is C25H27F3N4O2. The maximum atomic E-state index is 13.0. The van der Waals surface area contributed by atoms with Crippen LogP contribution in [0.3, 0.4) is 0 Å². The van der Waals surface area contributed by atoms with E-state index in [9.17, 15) is 18.0 Å². The maximum absolute atomic E-state index is 13.0. The van der Waals surface area contributed by atoms with E-state index < -0.39 is 17.8 Å². The van der Waals surface area contributed by atoms with Gasteiger partial charge in [0.2, 0.25) is 0 Å². The molecule has 1 N–H and O–H groups in total. The summed E-state index contributed by atoms with van der Waals surface area (Å²) in [6, 6.07) is 7.20. The topological polar surface area (TPSA) is 69.0 Å². The number of hydrogen-bond acceptors (Lipinski definition) is 4. The fraction of sp³-hybridized carbons (Fsp3) is 0.480. The molecule has 2 aromatic heterocycles. The largest absolute Gasteiger partial charge is 0.488 e. The fourth-order valence-corrected chi connectivity index (χ4v) is 4.54. The number of anilines is 1. The van der Waals surface area contributed by atoms with Gasteiger partial charge in [0.05, 0.1) is 23.3 Å². The summed E-state index contributed by atoms with van der Waals surface area (Å²) in [4.78, 5) is 16.3. The summed E-state index contributed by atoms with van der Waals surface area (Å²) in [7, 11) is 0. The van der Waals surface area contributed by atoms with Crippen LogP contribution in [0, 0.1) is 5.92 Å². The number of rotatable bonds is 6. The first kappa shape index (κ1) is 22.7. The molecule has 2 aliphatic rings. The molecule has 1 aromatic carbocycles. The Kier molecular flexibility index (Phi) is 5.95. The summed E-state index contributed by atoms with van der Waals surface area (Å²) >= 11 is 0. The minimum atomic E-state index is -4.62. The molecule has 180 valence electrons. The zero-order valence-corrected chi connectivity index (χ0v) is 18.9. The molecule has 9 heteroatoms. The van der Waals surface area contributed by atoms with E-state index in [4.69, 9.17) is 9.84 Å². The molecule has 2 aliphatic carbocycles. The molecule has 2 heterocycles. The van der Waals surface area contributed by atoms with Crippen LogP contribution in [0.15, 0.2) is 36.5 Å². The van der Waals surface area contributed by atoms with Crippen LogP contribution in [0.4, 0.5) is 18.9 Å². The van der Waals surface area contributed by atoms with E-state index in [1.165, 1.54) is 31.4 Å². The smallest absolute Gasteiger partial charge is 0.433 e. The van der Waals surface area contributed by atoms with Gasteiger partial charge in [-0.3, -0.25) is 9.48 Å². The van der Waals surface area contributed by atoms with Crippen molar-refractivity contribution in [3.63, 3.8) is 0 Å². The van der Waals surface area contributed by atoms with Gasteiger partial charge in [0.1, 0.15) is 17.1 Å². The predicted octanol–water partition coefficient (Wildman–Crippen LogP) is 6.38. The summed E-state index contributed by atoms with van der Waals surface area (Å²) < 4.78 is 47.1. The van der Waals surface area contributed by atoms with Crippen LogP contribution >= 0.6 is 0 Å². The fourth-order valence-electron chi connectivity index (χ4n) is 4.54. The number of carbonyl (C=O) groups excluding carboxylic acids is 1. The van der Waals surface area contributed by atoms with E-state index in [0.29, 0.717) is 17.5 Å². The van der Waals surface area contributed by atoms with Gasteiger partial charge in [-0.2, -0.15) is 18.3 Å². The molecule has 0 atom stereocenters. The first-order chi connectivity index (χ1) is 16.3. The molecule has 5 rings (SSSR count). The van der Waals surface area contributed by atoms with Crippen molar-refractivity contribution in [3.05, 3.63) is 47.9 Å². The Bertz CT molecular complexity index is 1190. The summed E-state index contributed by atoms with van der Waals surface area (Å²) in [5, 5.41) is 8.32. The Hall–Kier alpha value is -3.10. The molecule has 2 saturated carbocycles. The Morgan fingerprint density at radius 2 is 1.91 bits per heavy atom. The number of aromatic nitrogens is 3. The van der Waals surface area contributed by atoms with E-state index in [-0.39, 0.29) is 11.8 Å². The highest BCUT2D eigenvalue weighted by molar-refractivity contribution is 6.05. The number of hydrogen-bond donors (Lipinski definition) is 1. The average molecular weight is 473 g/mol. The van der Waals surface area contributed by atoms with Crippen molar-refractivity contribution in [2.24, 2.45) is 5.92 Å². The SMILES string of the molecule is CC[C@H]1CC[C@H](n2cc3cc(NC(=O)c4cccc(C(F)(F)F)n4)c(OC4CC4)cc3n2)CC1. The number of nitrogens with one attached hydrogen (secondary N) is 1. The van der Waals surface area contributed by atoms with Gasteiger partial charge in [-0.05, 0) is 62.6 Å². The monoisotopic (exact) mass is 472 g/mol. The van der Waals surface area contributed by atoms with Crippen molar-refractivity contribution >= 4 is 22.5 Å². The summed E-state index contributed by atoms with van der Waals surface area (Å²) in [6.45, 7) is 2.24. The Labute approximate surface area is 195 Å². The van der Waals surface area contributed by atoms with Gasteiger partial charge >= 0.3 is 6.18 Å². The van der Waals surface area contributed by atoms with Gasteiger partial charge in [-0.1, -0.05) is 19.4 Å². The maximum Gasteiger partial charge on any atom is 0.433 e. The highest BCUT2D eigenvalue weighted by Gasteiger charge is 2.33. The number of alkyl halides is 3. The molecule has 0 aliphatic heterocycles. The Balaban J connectivity index is 1.42. The van der Waals surface area contributed by atoms with E-state index in [1.54, 1.807) is 12.1 Å². The summed E-state index contributed by atoms with van der Waals surface area (Å²) in [6.07, 6.45) is 5.05. The molecule has 0 unspecified atom stereocenters. The van der Waals surface area contributed by atoms with Gasteiger partial charge in [-0.15, -0.1) is 0 Å². The number of ether oxygens (including phenoxy) is 1. The Morgan fingerprint density at radius 1 is 1.15 bits per heavy atom. The lowest BCUT2D eigenvalue weighted by atomic mass is 9.85. The first-order valence-electron chi connectivity index (χ1n) is 11.9. The van der Waals surface area contributed by atoms with Gasteiger partial charge in [0.25, 0.3) is 5.91 Å². The number of halogens is 3. The molecule has 1 amide bonds. The zero-order chi connectivity index (χ0) is 23.9. The van der Waals surface area contributed by atoms with Gasteiger partial charge < -0.3 is 10.1 Å². The second-order valence-corrected chi connectivity index (χ2v) is 9.28. The van der Waals surface area contributed by atoms with Crippen molar-refractivity contribution in [2.75, 3.05) is 5.32 Å². The molecule has 3 aromatic rings. The molecule has 0 bridgehead atoms. The average Bonchev–Trinajstić information content (AvgIpc) is 3.55. The highest BCUT2D eigenvalue weighted by atomic mass is 19.4. The lowest BCUT2D eigenvalue weighted by molar-refractivity contribution is -0.141. The van der Waals surface area contributed by atoms with Crippen molar-refractivity contribution in [1.82, 2.24) is 14.8 Å². The quantitative estimate of drug-likeness (QED) is 0.452. The standard InChI is InChI=1S/C25H27F3N4O2/c1-2-15-6-8-17(9-7-15)32-14-16-12-21(22(13-20(16)31-32)34-18-10-11-18)30-24(33)19-4-3-5-23(29-19)25(26,27)28/h3-5,12-15,17-18H,2,6-11H2,1H3,(H,30,33)/t15-,17-. The highest BCUT2D eigenvalue weighted by Crippen LogP contribution is 2.38. The van der Waals surface area contributed by atoms with Crippen molar-refractivity contribution in [3.8, 4) is 5.75 Å². The van der Waals surface area contributed by atoms with Crippen LogP contribution in [-0.4, -0.2) is 26.8 Å². The van der Waals surface area contributed by atoms with Crippen LogP contribution in [0.2, 0.25) is 0 Å². The third-order valence-corrected chi connectivity index (χ3v) is 6.73. The van der Waals surface area contributed by atoms with Crippen molar-refractivity contribution in [2.45, 2.75) is 70.2 Å². The molecular weight excluding hydrogens is 445 g/mol. The lowest BCUT2D eigenvalue weighted by Crippen LogP contribution is -2.18. The van der Waals surface area contributed by atoms with Crippen molar-refractivity contribution in [1.29, 1.82) is 0 Å². The van der Waals surface area contributed by atoms with Crippen LogP contribution in [-0.2, 0) is 6.18 Å². The molecule has 2 fully saturated rings. The van der Waals surface area contributed by atoms with E-state index in [0.717, 1.165) is 48.6 Å². The number of carbonyl (C=O) groups is 1. The number of fused-ring (bicyclic) bond motifs is 1. The first-order valence-corrected chi connectivity index (χ1v) is 11.9. The van der Waals surface area contributed by atoms with Crippen molar-refractivity contribution < 1.29 is 22.7 Å². The molecule has 0 radical (unpaired) electrons. The predicted molar refractivity (Wildman–Crippen MR) is 122 cm³/mol. The number of benzene rings is 1. The Morgan fingerprint density at radius 3 is 2.59 bits per heavy atom. The van der Waals surface area contributed by atoms with Crippen LogP contribution in [0.5, 0.6) is 5.75 Å². The minimum Gasteiger partial charge on any atom is -0.488 e. The number of nitrogens with zero attached hydrogens (tertiary/aromatic N) is 3. The van der Waals surface area contributed by atoms with Gasteiger partial charge in [0.15, 0.2) is 0 Å². The summed E-state index contributed by atoms with van der Waals surface area (Å²) in [5.41, 5.74) is -0.249. The summed E-state index contributed by atoms with van der Waals surface area (Å²) in [5.74, 6) is 0.526. The third kappa shape index (κ3) is 4.88. The normalized spacial score (nSPS) is 20.9. The molecule has 6 nitrogen and oxygen atoms in total. The second-order valence-electron chi connectivity index (χ2n) is 9.28. The van der Waals surface area contributed by atoms with Crippen LogP contribution < -0.4 is 10.1 Å². The minimum absolute atomic E-state index is 0.0752. The number of amides is 1. The van der Waals surface area contributed by atoms with Crippen LogP contribution in [0.25, 0.3) is 10.9 Å².